The Kier molecular flexibility index (Phi) is 5.49. The van der Waals surface area contributed by atoms with Crippen LogP contribution in [-0.2, 0) is 4.74 Å². The number of anilines is 1. The Morgan fingerprint density at radius 2 is 2.10 bits per heavy atom. The minimum Gasteiger partial charge on any atom is -0.388 e. The third kappa shape index (κ3) is 4.10. The van der Waals surface area contributed by atoms with Crippen molar-refractivity contribution in [2.45, 2.75) is 31.4 Å². The van der Waals surface area contributed by atoms with Crippen LogP contribution in [-0.4, -0.2) is 44.6 Å². The van der Waals surface area contributed by atoms with Gasteiger partial charge in [-0.3, -0.25) is 0 Å². The Hall–Kier alpha value is -0.810. The van der Waals surface area contributed by atoms with E-state index in [0.717, 1.165) is 16.3 Å². The molecule has 1 atom stereocenters. The van der Waals surface area contributed by atoms with Crippen molar-refractivity contribution < 1.29 is 9.84 Å². The van der Waals surface area contributed by atoms with Crippen LogP contribution in [0.4, 0.5) is 5.69 Å². The summed E-state index contributed by atoms with van der Waals surface area (Å²) in [4.78, 5) is 2.06. The number of halogens is 1. The summed E-state index contributed by atoms with van der Waals surface area (Å²) in [5.41, 5.74) is 1.43. The van der Waals surface area contributed by atoms with Crippen LogP contribution in [0.25, 0.3) is 0 Å². The maximum absolute atomic E-state index is 10.6. The van der Waals surface area contributed by atoms with Crippen molar-refractivity contribution in [1.82, 2.24) is 5.32 Å². The second-order valence-corrected chi connectivity index (χ2v) is 6.32. The van der Waals surface area contributed by atoms with Crippen molar-refractivity contribution in [2.75, 3.05) is 38.8 Å². The van der Waals surface area contributed by atoms with E-state index < -0.39 is 5.60 Å². The first-order valence-corrected chi connectivity index (χ1v) is 7.81. The molecule has 5 heteroatoms. The van der Waals surface area contributed by atoms with Gasteiger partial charge in [0, 0.05) is 56.4 Å². The van der Waals surface area contributed by atoms with Gasteiger partial charge in [-0.15, -0.1) is 0 Å². The topological polar surface area (TPSA) is 44.7 Å². The average molecular weight is 313 g/mol. The van der Waals surface area contributed by atoms with Crippen LogP contribution < -0.4 is 10.2 Å². The SMILES string of the molecule is CNC(C)c1ccc(N(C)CC2(O)CCOCC2)cc1Cl. The van der Waals surface area contributed by atoms with E-state index in [1.807, 2.05) is 26.2 Å². The van der Waals surface area contributed by atoms with E-state index in [0.29, 0.717) is 32.6 Å². The van der Waals surface area contributed by atoms with E-state index in [-0.39, 0.29) is 6.04 Å². The lowest BCUT2D eigenvalue weighted by Crippen LogP contribution is -2.45. The van der Waals surface area contributed by atoms with Crippen molar-refractivity contribution in [3.63, 3.8) is 0 Å². The van der Waals surface area contributed by atoms with Gasteiger partial charge < -0.3 is 20.1 Å². The van der Waals surface area contributed by atoms with Crippen LogP contribution in [0.3, 0.4) is 0 Å². The molecule has 0 radical (unpaired) electrons. The van der Waals surface area contributed by atoms with Crippen molar-refractivity contribution >= 4 is 17.3 Å². The number of hydrogen-bond donors (Lipinski definition) is 2. The number of aliphatic hydroxyl groups is 1. The number of likely N-dealkylation sites (N-methyl/N-ethyl adjacent to an activating group) is 1. The highest BCUT2D eigenvalue weighted by Crippen LogP contribution is 2.29. The van der Waals surface area contributed by atoms with Crippen molar-refractivity contribution in [2.24, 2.45) is 0 Å². The summed E-state index contributed by atoms with van der Waals surface area (Å²) < 4.78 is 5.32. The molecule has 1 aromatic rings. The summed E-state index contributed by atoms with van der Waals surface area (Å²) in [5, 5.41) is 14.5. The third-order valence-corrected chi connectivity index (χ3v) is 4.61. The van der Waals surface area contributed by atoms with E-state index in [1.54, 1.807) is 0 Å². The lowest BCUT2D eigenvalue weighted by Gasteiger charge is -2.36. The van der Waals surface area contributed by atoms with Gasteiger partial charge in [-0.1, -0.05) is 17.7 Å². The average Bonchev–Trinajstić information content (AvgIpc) is 2.46. The number of nitrogens with zero attached hydrogens (tertiary/aromatic N) is 1. The lowest BCUT2D eigenvalue weighted by atomic mass is 9.93. The van der Waals surface area contributed by atoms with E-state index >= 15 is 0 Å². The molecule has 4 nitrogen and oxygen atoms in total. The van der Waals surface area contributed by atoms with Crippen LogP contribution >= 0.6 is 11.6 Å². The lowest BCUT2D eigenvalue weighted by molar-refractivity contribution is -0.0572. The van der Waals surface area contributed by atoms with E-state index in [4.69, 9.17) is 16.3 Å². The molecule has 21 heavy (non-hydrogen) atoms. The second kappa shape index (κ2) is 6.97. The van der Waals surface area contributed by atoms with Gasteiger partial charge in [0.25, 0.3) is 0 Å². The molecule has 1 aliphatic heterocycles. The maximum Gasteiger partial charge on any atom is 0.0865 e. The van der Waals surface area contributed by atoms with Crippen molar-refractivity contribution in [3.05, 3.63) is 28.8 Å². The highest BCUT2D eigenvalue weighted by Gasteiger charge is 2.31. The quantitative estimate of drug-likeness (QED) is 0.877. The minimum atomic E-state index is -0.670. The molecular formula is C16H25ClN2O2. The molecule has 1 unspecified atom stereocenters. The third-order valence-electron chi connectivity index (χ3n) is 4.28. The van der Waals surface area contributed by atoms with Crippen molar-refractivity contribution in [3.8, 4) is 0 Å². The highest BCUT2D eigenvalue weighted by atomic mass is 35.5. The van der Waals surface area contributed by atoms with Gasteiger partial charge in [0.05, 0.1) is 5.60 Å². The Morgan fingerprint density at radius 3 is 2.67 bits per heavy atom. The van der Waals surface area contributed by atoms with E-state index in [2.05, 4.69) is 23.2 Å². The number of benzene rings is 1. The van der Waals surface area contributed by atoms with Crippen LogP contribution in [0, 0.1) is 0 Å². The predicted molar refractivity (Wildman–Crippen MR) is 87.2 cm³/mol. The molecule has 1 aromatic carbocycles. The molecule has 0 bridgehead atoms. The van der Waals surface area contributed by atoms with Crippen LogP contribution in [0.2, 0.25) is 5.02 Å². The molecule has 0 aromatic heterocycles. The molecule has 0 aliphatic carbocycles. The molecule has 118 valence electrons. The molecule has 0 saturated carbocycles. The number of nitrogens with one attached hydrogen (secondary N) is 1. The zero-order valence-electron chi connectivity index (χ0n) is 13.0. The van der Waals surface area contributed by atoms with Crippen LogP contribution in [0.5, 0.6) is 0 Å². The van der Waals surface area contributed by atoms with Gasteiger partial charge in [0.15, 0.2) is 0 Å². The second-order valence-electron chi connectivity index (χ2n) is 5.91. The Balaban J connectivity index is 2.09. The predicted octanol–water partition coefficient (Wildman–Crippen LogP) is 2.60. The summed E-state index contributed by atoms with van der Waals surface area (Å²) in [6.45, 7) is 3.93. The molecule has 1 aliphatic rings. The van der Waals surface area contributed by atoms with Gasteiger partial charge in [-0.25, -0.2) is 0 Å². The Morgan fingerprint density at radius 1 is 1.43 bits per heavy atom. The molecular weight excluding hydrogens is 288 g/mol. The largest absolute Gasteiger partial charge is 0.388 e. The first kappa shape index (κ1) is 16.6. The first-order valence-electron chi connectivity index (χ1n) is 7.43. The fourth-order valence-electron chi connectivity index (χ4n) is 2.70. The summed E-state index contributed by atoms with van der Waals surface area (Å²) >= 11 is 6.38. The molecule has 1 fully saturated rings. The van der Waals surface area contributed by atoms with Gasteiger partial charge in [0.1, 0.15) is 0 Å². The molecule has 1 saturated heterocycles. The van der Waals surface area contributed by atoms with E-state index in [1.165, 1.54) is 0 Å². The summed E-state index contributed by atoms with van der Waals surface area (Å²) in [6, 6.07) is 6.28. The summed E-state index contributed by atoms with van der Waals surface area (Å²) in [7, 11) is 3.90. The smallest absolute Gasteiger partial charge is 0.0865 e. The fourth-order valence-corrected chi connectivity index (χ4v) is 3.04. The number of ether oxygens (including phenoxy) is 1. The Bertz CT molecular complexity index is 475. The van der Waals surface area contributed by atoms with Gasteiger partial charge in [-0.05, 0) is 31.7 Å². The minimum absolute atomic E-state index is 0.219. The Labute approximate surface area is 132 Å². The first-order chi connectivity index (χ1) is 9.95. The molecule has 2 rings (SSSR count). The maximum atomic E-state index is 10.6. The molecule has 0 spiro atoms. The number of hydrogen-bond acceptors (Lipinski definition) is 4. The standard InChI is InChI=1S/C16H25ClN2O2/c1-12(18-2)14-5-4-13(10-15(14)17)19(3)11-16(20)6-8-21-9-7-16/h4-5,10,12,18,20H,6-9,11H2,1-3H3. The van der Waals surface area contributed by atoms with Crippen LogP contribution in [0.15, 0.2) is 18.2 Å². The monoisotopic (exact) mass is 312 g/mol. The summed E-state index contributed by atoms with van der Waals surface area (Å²) in [6.07, 6.45) is 1.36. The van der Waals surface area contributed by atoms with E-state index in [9.17, 15) is 5.11 Å². The van der Waals surface area contributed by atoms with Gasteiger partial charge >= 0.3 is 0 Å². The molecule has 1 heterocycles. The normalized spacial score (nSPS) is 19.3. The van der Waals surface area contributed by atoms with Crippen LogP contribution in [0.1, 0.15) is 31.4 Å². The zero-order valence-corrected chi connectivity index (χ0v) is 13.8. The van der Waals surface area contributed by atoms with Gasteiger partial charge in [0.2, 0.25) is 0 Å². The summed E-state index contributed by atoms with van der Waals surface area (Å²) in [5.74, 6) is 0. The number of rotatable bonds is 5. The molecule has 0 amide bonds. The van der Waals surface area contributed by atoms with Crippen molar-refractivity contribution in [1.29, 1.82) is 0 Å². The zero-order chi connectivity index (χ0) is 15.5. The van der Waals surface area contributed by atoms with Gasteiger partial charge in [-0.2, -0.15) is 0 Å². The highest BCUT2D eigenvalue weighted by molar-refractivity contribution is 6.31. The molecule has 2 N–H and O–H groups in total. The fraction of sp³-hybridized carbons (Fsp3) is 0.625.